The van der Waals surface area contributed by atoms with Crippen LogP contribution in [0.5, 0.6) is 11.5 Å². The molecule has 0 spiro atoms. The molecule has 2 aromatic rings. The first-order chi connectivity index (χ1) is 13.4. The van der Waals surface area contributed by atoms with Gasteiger partial charge in [-0.2, -0.15) is 0 Å². The van der Waals surface area contributed by atoms with Crippen molar-refractivity contribution in [2.24, 2.45) is 0 Å². The van der Waals surface area contributed by atoms with Crippen LogP contribution in [0.25, 0.3) is 0 Å². The Kier molecular flexibility index (Phi) is 7.70. The van der Waals surface area contributed by atoms with E-state index in [0.717, 1.165) is 5.69 Å². The summed E-state index contributed by atoms with van der Waals surface area (Å²) in [5.74, 6) is -0.318. The molecule has 6 nitrogen and oxygen atoms in total. The van der Waals surface area contributed by atoms with Crippen molar-refractivity contribution in [3.05, 3.63) is 53.1 Å². The lowest BCUT2D eigenvalue weighted by atomic mass is 10.2. The second-order valence-corrected chi connectivity index (χ2v) is 6.60. The maximum absolute atomic E-state index is 12.6. The fourth-order valence-corrected chi connectivity index (χ4v) is 2.99. The lowest BCUT2D eigenvalue weighted by molar-refractivity contribution is -0.122. The summed E-state index contributed by atoms with van der Waals surface area (Å²) in [6.45, 7) is 5.61. The average molecular weight is 406 g/mol. The van der Waals surface area contributed by atoms with Gasteiger partial charge in [0.25, 0.3) is 5.91 Å². The van der Waals surface area contributed by atoms with Gasteiger partial charge in [-0.25, -0.2) is 4.79 Å². The Labute approximate surface area is 169 Å². The molecule has 1 amide bonds. The van der Waals surface area contributed by atoms with Crippen LogP contribution < -0.4 is 14.4 Å². The number of ether oxygens (including phenoxy) is 3. The molecule has 0 saturated carbocycles. The monoisotopic (exact) mass is 405 g/mol. The van der Waals surface area contributed by atoms with Crippen molar-refractivity contribution in [2.75, 3.05) is 25.2 Å². The summed E-state index contributed by atoms with van der Waals surface area (Å²) >= 11 is 6.18. The van der Waals surface area contributed by atoms with Crippen LogP contribution in [0.4, 0.5) is 5.69 Å². The Hall–Kier alpha value is -2.73. The van der Waals surface area contributed by atoms with Crippen LogP contribution in [0.15, 0.2) is 42.5 Å². The first-order valence-corrected chi connectivity index (χ1v) is 9.31. The Bertz CT molecular complexity index is 823. The summed E-state index contributed by atoms with van der Waals surface area (Å²) in [4.78, 5) is 26.6. The van der Waals surface area contributed by atoms with E-state index in [4.69, 9.17) is 25.8 Å². The Morgan fingerprint density at radius 3 is 2.39 bits per heavy atom. The molecule has 0 heterocycles. The number of benzene rings is 2. The minimum absolute atomic E-state index is 0.0892. The highest BCUT2D eigenvalue weighted by Crippen LogP contribution is 2.36. The van der Waals surface area contributed by atoms with Crippen LogP contribution in [0.1, 0.15) is 31.1 Å². The maximum atomic E-state index is 12.6. The van der Waals surface area contributed by atoms with Gasteiger partial charge >= 0.3 is 5.97 Å². The van der Waals surface area contributed by atoms with Gasteiger partial charge in [0.15, 0.2) is 18.1 Å². The first kappa shape index (κ1) is 21.6. The standard InChI is InChI=1S/C21H24ClNO5/c1-5-27-20-17(22)11-15(12-18(20)26-4)21(25)28-13-19(24)23(14(2)3)16-9-7-6-8-10-16/h6-12,14H,5,13H2,1-4H3. The Morgan fingerprint density at radius 2 is 1.82 bits per heavy atom. The van der Waals surface area contributed by atoms with Gasteiger partial charge in [-0.1, -0.05) is 29.8 Å². The van der Waals surface area contributed by atoms with E-state index < -0.39 is 5.97 Å². The van der Waals surface area contributed by atoms with E-state index in [-0.39, 0.29) is 29.1 Å². The van der Waals surface area contributed by atoms with E-state index in [0.29, 0.717) is 18.1 Å². The highest BCUT2D eigenvalue weighted by molar-refractivity contribution is 6.32. The minimum atomic E-state index is -0.673. The average Bonchev–Trinajstić information content (AvgIpc) is 2.68. The smallest absolute Gasteiger partial charge is 0.338 e. The van der Waals surface area contributed by atoms with Crippen molar-refractivity contribution in [2.45, 2.75) is 26.8 Å². The largest absolute Gasteiger partial charge is 0.493 e. The number of halogens is 1. The number of para-hydroxylation sites is 1. The molecule has 0 N–H and O–H groups in total. The molecule has 0 aliphatic heterocycles. The predicted molar refractivity (Wildman–Crippen MR) is 109 cm³/mol. The third-order valence-electron chi connectivity index (χ3n) is 3.90. The van der Waals surface area contributed by atoms with Crippen LogP contribution in [-0.4, -0.2) is 38.2 Å². The predicted octanol–water partition coefficient (Wildman–Crippen LogP) is 4.35. The van der Waals surface area contributed by atoms with Gasteiger partial charge in [-0.05, 0) is 45.0 Å². The molecule has 28 heavy (non-hydrogen) atoms. The van der Waals surface area contributed by atoms with Gasteiger partial charge in [0.2, 0.25) is 0 Å². The van der Waals surface area contributed by atoms with Gasteiger partial charge in [-0.15, -0.1) is 0 Å². The molecule has 0 radical (unpaired) electrons. The molecule has 150 valence electrons. The van der Waals surface area contributed by atoms with Crippen LogP contribution in [0.3, 0.4) is 0 Å². The van der Waals surface area contributed by atoms with Crippen molar-refractivity contribution in [3.8, 4) is 11.5 Å². The molecule has 0 aliphatic rings. The van der Waals surface area contributed by atoms with E-state index in [9.17, 15) is 9.59 Å². The molecule has 2 aromatic carbocycles. The number of esters is 1. The van der Waals surface area contributed by atoms with Gasteiger partial charge < -0.3 is 19.1 Å². The zero-order chi connectivity index (χ0) is 20.7. The molecular formula is C21H24ClNO5. The van der Waals surface area contributed by atoms with E-state index in [1.807, 2.05) is 51.1 Å². The molecule has 0 aromatic heterocycles. The highest BCUT2D eigenvalue weighted by Gasteiger charge is 2.22. The highest BCUT2D eigenvalue weighted by atomic mass is 35.5. The van der Waals surface area contributed by atoms with E-state index in [1.165, 1.54) is 19.2 Å². The van der Waals surface area contributed by atoms with E-state index in [2.05, 4.69) is 0 Å². The third kappa shape index (κ3) is 5.16. The van der Waals surface area contributed by atoms with Gasteiger partial charge in [0, 0.05) is 11.7 Å². The maximum Gasteiger partial charge on any atom is 0.338 e. The molecule has 0 unspecified atom stereocenters. The van der Waals surface area contributed by atoms with Crippen molar-refractivity contribution in [1.29, 1.82) is 0 Å². The molecule has 0 bridgehead atoms. The van der Waals surface area contributed by atoms with Crippen LogP contribution >= 0.6 is 11.6 Å². The number of carbonyl (C=O) groups excluding carboxylic acids is 2. The Morgan fingerprint density at radius 1 is 1.14 bits per heavy atom. The number of hydrogen-bond acceptors (Lipinski definition) is 5. The van der Waals surface area contributed by atoms with Gasteiger partial charge in [0.1, 0.15) is 0 Å². The summed E-state index contributed by atoms with van der Waals surface area (Å²) in [5, 5.41) is 0.229. The second kappa shape index (κ2) is 9.99. The number of methoxy groups -OCH3 is 1. The first-order valence-electron chi connectivity index (χ1n) is 8.93. The fraction of sp³-hybridized carbons (Fsp3) is 0.333. The zero-order valence-corrected chi connectivity index (χ0v) is 17.2. The molecule has 2 rings (SSSR count). The van der Waals surface area contributed by atoms with Crippen LogP contribution in [-0.2, 0) is 9.53 Å². The number of hydrogen-bond donors (Lipinski definition) is 0. The van der Waals surface area contributed by atoms with Gasteiger partial charge in [-0.3, -0.25) is 4.79 Å². The second-order valence-electron chi connectivity index (χ2n) is 6.19. The number of anilines is 1. The lowest BCUT2D eigenvalue weighted by Gasteiger charge is -2.26. The van der Waals surface area contributed by atoms with Crippen molar-refractivity contribution in [3.63, 3.8) is 0 Å². The quantitative estimate of drug-likeness (QED) is 0.611. The summed E-state index contributed by atoms with van der Waals surface area (Å²) < 4.78 is 15.9. The summed E-state index contributed by atoms with van der Waals surface area (Å²) in [7, 11) is 1.45. The number of carbonyl (C=O) groups is 2. The third-order valence-corrected chi connectivity index (χ3v) is 4.18. The SMILES string of the molecule is CCOc1c(Cl)cc(C(=O)OCC(=O)N(c2ccccc2)C(C)C)cc1OC. The summed E-state index contributed by atoms with van der Waals surface area (Å²) in [6.07, 6.45) is 0. The molecule has 0 fully saturated rings. The fourth-order valence-electron chi connectivity index (χ4n) is 2.72. The van der Waals surface area contributed by atoms with Crippen LogP contribution in [0.2, 0.25) is 5.02 Å². The molecule has 0 saturated heterocycles. The van der Waals surface area contributed by atoms with Crippen LogP contribution in [0, 0.1) is 0 Å². The number of amides is 1. The van der Waals surface area contributed by atoms with Gasteiger partial charge in [0.05, 0.1) is 24.3 Å². The molecule has 0 aliphatic carbocycles. The van der Waals surface area contributed by atoms with Crippen molar-refractivity contribution in [1.82, 2.24) is 0 Å². The minimum Gasteiger partial charge on any atom is -0.493 e. The van der Waals surface area contributed by atoms with E-state index in [1.54, 1.807) is 4.90 Å². The summed E-state index contributed by atoms with van der Waals surface area (Å²) in [6, 6.07) is 12.0. The number of nitrogens with zero attached hydrogens (tertiary/aromatic N) is 1. The van der Waals surface area contributed by atoms with Crippen molar-refractivity contribution < 1.29 is 23.8 Å². The zero-order valence-electron chi connectivity index (χ0n) is 16.4. The topological polar surface area (TPSA) is 65.1 Å². The summed E-state index contributed by atoms with van der Waals surface area (Å²) in [5.41, 5.74) is 0.915. The van der Waals surface area contributed by atoms with E-state index >= 15 is 0 Å². The van der Waals surface area contributed by atoms with Crippen molar-refractivity contribution >= 4 is 29.2 Å². The lowest BCUT2D eigenvalue weighted by Crippen LogP contribution is -2.39. The Balaban J connectivity index is 2.12. The molecular weight excluding hydrogens is 382 g/mol. The normalized spacial score (nSPS) is 10.5. The molecule has 7 heteroatoms. The number of rotatable bonds is 8. The molecule has 0 atom stereocenters.